The third kappa shape index (κ3) is 3.14. The summed E-state index contributed by atoms with van der Waals surface area (Å²) in [4.78, 5) is 24.3. The van der Waals surface area contributed by atoms with Crippen molar-refractivity contribution in [3.8, 4) is 0 Å². The molecular weight excluding hydrogens is 340 g/mol. The molecule has 1 saturated carbocycles. The Hall–Kier alpha value is -2.60. The van der Waals surface area contributed by atoms with Crippen molar-refractivity contribution in [3.05, 3.63) is 48.3 Å². The van der Waals surface area contributed by atoms with Crippen LogP contribution in [0.1, 0.15) is 23.3 Å². The van der Waals surface area contributed by atoms with E-state index in [4.69, 9.17) is 4.74 Å². The molecule has 3 aliphatic rings. The topological polar surface area (TPSA) is 48.9 Å². The van der Waals surface area contributed by atoms with E-state index in [1.165, 1.54) is 18.5 Å². The summed E-state index contributed by atoms with van der Waals surface area (Å²) in [5.41, 5.74) is 3.72. The molecule has 6 nitrogen and oxygen atoms in total. The van der Waals surface area contributed by atoms with Gasteiger partial charge < -0.3 is 19.4 Å². The molecule has 0 unspecified atom stereocenters. The van der Waals surface area contributed by atoms with Gasteiger partial charge in [0.15, 0.2) is 0 Å². The lowest BCUT2D eigenvalue weighted by atomic mass is 10.1. The Labute approximate surface area is 159 Å². The Kier molecular flexibility index (Phi) is 4.20. The summed E-state index contributed by atoms with van der Waals surface area (Å²) in [6.45, 7) is 4.73. The third-order valence-corrected chi connectivity index (χ3v) is 5.62. The largest absolute Gasteiger partial charge is 0.378 e. The lowest BCUT2D eigenvalue weighted by Crippen LogP contribution is -2.45. The highest BCUT2D eigenvalue weighted by Gasteiger charge is 2.35. The van der Waals surface area contributed by atoms with E-state index in [1.54, 1.807) is 6.20 Å². The number of para-hydroxylation sites is 2. The number of morpholine rings is 1. The van der Waals surface area contributed by atoms with Crippen molar-refractivity contribution >= 4 is 23.0 Å². The maximum Gasteiger partial charge on any atom is 0.277 e. The zero-order chi connectivity index (χ0) is 18.2. The van der Waals surface area contributed by atoms with E-state index in [0.29, 0.717) is 18.3 Å². The van der Waals surface area contributed by atoms with E-state index in [-0.39, 0.29) is 5.91 Å². The molecule has 2 aliphatic heterocycles. The van der Waals surface area contributed by atoms with Crippen molar-refractivity contribution in [1.29, 1.82) is 0 Å². The highest BCUT2D eigenvalue weighted by Crippen LogP contribution is 2.40. The molecule has 0 spiro atoms. The first-order valence-electron chi connectivity index (χ1n) is 9.77. The molecule has 0 bridgehead atoms. The van der Waals surface area contributed by atoms with Crippen molar-refractivity contribution in [3.63, 3.8) is 0 Å². The molecule has 2 fully saturated rings. The van der Waals surface area contributed by atoms with Crippen molar-refractivity contribution in [1.82, 2.24) is 4.98 Å². The number of anilines is 3. The molecule has 0 N–H and O–H groups in total. The van der Waals surface area contributed by atoms with Gasteiger partial charge >= 0.3 is 0 Å². The summed E-state index contributed by atoms with van der Waals surface area (Å²) in [5.74, 6) is -0.0204. The minimum absolute atomic E-state index is 0.0204. The van der Waals surface area contributed by atoms with Crippen LogP contribution >= 0.6 is 0 Å². The molecular formula is C21H24N4O2. The van der Waals surface area contributed by atoms with Crippen LogP contribution in [0, 0.1) is 0 Å². The molecule has 6 heteroatoms. The number of pyridine rings is 1. The number of carbonyl (C=O) groups is 1. The standard InChI is InChI=1S/C21H24N4O2/c26-21(18-15-17(7-8-22-18)23-11-13-27-14-12-23)25-10-9-24(16-5-6-16)19-3-1-2-4-20(19)25/h1-4,7-8,15-16H,5-6,9-14H2. The van der Waals surface area contributed by atoms with E-state index in [2.05, 4.69) is 26.9 Å². The summed E-state index contributed by atoms with van der Waals surface area (Å²) in [7, 11) is 0. The van der Waals surface area contributed by atoms with E-state index >= 15 is 0 Å². The van der Waals surface area contributed by atoms with E-state index < -0.39 is 0 Å². The van der Waals surface area contributed by atoms with Crippen molar-refractivity contribution in [2.24, 2.45) is 0 Å². The quantitative estimate of drug-likeness (QED) is 0.838. The van der Waals surface area contributed by atoms with Crippen LogP contribution in [0.4, 0.5) is 17.1 Å². The molecule has 140 valence electrons. The normalized spacial score (nSPS) is 19.8. The Bertz CT molecular complexity index is 846. The number of nitrogens with zero attached hydrogens (tertiary/aromatic N) is 4. The number of benzene rings is 1. The summed E-state index contributed by atoms with van der Waals surface area (Å²) in [6.07, 6.45) is 4.25. The predicted octanol–water partition coefficient (Wildman–Crippen LogP) is 2.55. The van der Waals surface area contributed by atoms with Crippen LogP contribution in [0.5, 0.6) is 0 Å². The van der Waals surface area contributed by atoms with Gasteiger partial charge in [0.05, 0.1) is 24.6 Å². The van der Waals surface area contributed by atoms with Gasteiger partial charge in [-0.05, 0) is 37.1 Å². The molecule has 2 aromatic rings. The number of fused-ring (bicyclic) bond motifs is 1. The highest BCUT2D eigenvalue weighted by molar-refractivity contribution is 6.07. The van der Waals surface area contributed by atoms with Crippen LogP contribution in [-0.4, -0.2) is 56.3 Å². The van der Waals surface area contributed by atoms with Gasteiger partial charge in [-0.3, -0.25) is 9.78 Å². The first kappa shape index (κ1) is 16.6. The van der Waals surface area contributed by atoms with Gasteiger partial charge in [-0.15, -0.1) is 0 Å². The second-order valence-corrected chi connectivity index (χ2v) is 7.37. The summed E-state index contributed by atoms with van der Waals surface area (Å²) in [5, 5.41) is 0. The van der Waals surface area contributed by atoms with Crippen LogP contribution < -0.4 is 14.7 Å². The number of ether oxygens (including phenoxy) is 1. The third-order valence-electron chi connectivity index (χ3n) is 5.62. The van der Waals surface area contributed by atoms with Crippen LogP contribution in [0.15, 0.2) is 42.6 Å². The van der Waals surface area contributed by atoms with E-state index in [9.17, 15) is 4.79 Å². The van der Waals surface area contributed by atoms with Gasteiger partial charge in [-0.25, -0.2) is 0 Å². The number of hydrogen-bond donors (Lipinski definition) is 0. The summed E-state index contributed by atoms with van der Waals surface area (Å²) in [6, 6.07) is 12.8. The van der Waals surface area contributed by atoms with Crippen molar-refractivity contribution in [2.45, 2.75) is 18.9 Å². The Morgan fingerprint density at radius 2 is 1.78 bits per heavy atom. The second-order valence-electron chi connectivity index (χ2n) is 7.37. The molecule has 0 atom stereocenters. The van der Waals surface area contributed by atoms with Crippen LogP contribution in [0.2, 0.25) is 0 Å². The zero-order valence-corrected chi connectivity index (χ0v) is 15.4. The maximum atomic E-state index is 13.3. The SMILES string of the molecule is O=C(c1cc(N2CCOCC2)ccn1)N1CCN(C2CC2)c2ccccc21. The van der Waals surface area contributed by atoms with E-state index in [0.717, 1.165) is 44.2 Å². The molecule has 1 aromatic carbocycles. The zero-order valence-electron chi connectivity index (χ0n) is 15.4. The van der Waals surface area contributed by atoms with Crippen LogP contribution in [0.25, 0.3) is 0 Å². The summed E-state index contributed by atoms with van der Waals surface area (Å²) >= 11 is 0. The number of carbonyl (C=O) groups excluding carboxylic acids is 1. The predicted molar refractivity (Wildman–Crippen MR) is 106 cm³/mol. The first-order valence-corrected chi connectivity index (χ1v) is 9.77. The minimum atomic E-state index is -0.0204. The lowest BCUT2D eigenvalue weighted by molar-refractivity contribution is 0.0981. The van der Waals surface area contributed by atoms with Gasteiger partial charge in [-0.1, -0.05) is 12.1 Å². The molecule has 1 saturated heterocycles. The number of aromatic nitrogens is 1. The maximum absolute atomic E-state index is 13.3. The fourth-order valence-corrected chi connectivity index (χ4v) is 4.05. The minimum Gasteiger partial charge on any atom is -0.378 e. The average Bonchev–Trinajstić information content (AvgIpc) is 3.58. The molecule has 0 radical (unpaired) electrons. The molecule has 1 aliphatic carbocycles. The van der Waals surface area contributed by atoms with E-state index in [1.807, 2.05) is 29.2 Å². The molecule has 5 rings (SSSR count). The van der Waals surface area contributed by atoms with Gasteiger partial charge in [-0.2, -0.15) is 0 Å². The lowest BCUT2D eigenvalue weighted by Gasteiger charge is -2.38. The van der Waals surface area contributed by atoms with Gasteiger partial charge in [0.25, 0.3) is 5.91 Å². The molecule has 27 heavy (non-hydrogen) atoms. The smallest absolute Gasteiger partial charge is 0.277 e. The Morgan fingerprint density at radius 1 is 1.00 bits per heavy atom. The molecule has 1 aromatic heterocycles. The van der Waals surface area contributed by atoms with Gasteiger partial charge in [0.1, 0.15) is 5.69 Å². The number of amides is 1. The number of rotatable bonds is 3. The van der Waals surface area contributed by atoms with Gasteiger partial charge in [0.2, 0.25) is 0 Å². The second kappa shape index (κ2) is 6.85. The fourth-order valence-electron chi connectivity index (χ4n) is 4.05. The Morgan fingerprint density at radius 3 is 2.56 bits per heavy atom. The van der Waals surface area contributed by atoms with Crippen molar-refractivity contribution < 1.29 is 9.53 Å². The molecule has 1 amide bonds. The van der Waals surface area contributed by atoms with Crippen LogP contribution in [-0.2, 0) is 4.74 Å². The van der Waals surface area contributed by atoms with Gasteiger partial charge in [0, 0.05) is 44.1 Å². The first-order chi connectivity index (χ1) is 13.3. The Balaban J connectivity index is 1.43. The molecule has 3 heterocycles. The fraction of sp³-hybridized carbons (Fsp3) is 0.429. The van der Waals surface area contributed by atoms with Crippen molar-refractivity contribution in [2.75, 3.05) is 54.1 Å². The summed E-state index contributed by atoms with van der Waals surface area (Å²) < 4.78 is 5.43. The number of hydrogen-bond acceptors (Lipinski definition) is 5. The average molecular weight is 364 g/mol. The van der Waals surface area contributed by atoms with Crippen LogP contribution in [0.3, 0.4) is 0 Å². The highest BCUT2D eigenvalue weighted by atomic mass is 16.5. The monoisotopic (exact) mass is 364 g/mol.